The zero-order chi connectivity index (χ0) is 17.2. The molecule has 2 heterocycles. The summed E-state index contributed by atoms with van der Waals surface area (Å²) in [5, 5.41) is 3.32. The Morgan fingerprint density at radius 1 is 1.12 bits per heavy atom. The van der Waals surface area contributed by atoms with Crippen molar-refractivity contribution < 1.29 is 17.9 Å². The van der Waals surface area contributed by atoms with Gasteiger partial charge in [-0.2, -0.15) is 13.2 Å². The average Bonchev–Trinajstić information content (AvgIpc) is 2.58. The number of alkyl halides is 3. The molecule has 9 heteroatoms. The molecule has 0 unspecified atom stereocenters. The Kier molecular flexibility index (Phi) is 9.67. The maximum absolute atomic E-state index is 13.2. The fraction of sp³-hybridized carbons (Fsp3) is 0.647. The number of nitrogens with one attached hydrogen (secondary N) is 1. The summed E-state index contributed by atoms with van der Waals surface area (Å²) in [6, 6.07) is 4.00. The van der Waals surface area contributed by atoms with Crippen LogP contribution >= 0.6 is 40.7 Å². The lowest BCUT2D eigenvalue weighted by molar-refractivity contribution is -0.137. The van der Waals surface area contributed by atoms with Crippen LogP contribution in [-0.2, 0) is 10.9 Å². The van der Waals surface area contributed by atoms with Crippen LogP contribution in [0.2, 0.25) is 0 Å². The van der Waals surface area contributed by atoms with Crippen molar-refractivity contribution in [1.29, 1.82) is 0 Å². The van der Waals surface area contributed by atoms with Crippen LogP contribution in [-0.4, -0.2) is 44.3 Å². The molecule has 0 aliphatic carbocycles. The van der Waals surface area contributed by atoms with E-state index in [4.69, 9.17) is 4.74 Å². The van der Waals surface area contributed by atoms with Gasteiger partial charge in [0.15, 0.2) is 0 Å². The van der Waals surface area contributed by atoms with Crippen LogP contribution in [0.3, 0.4) is 0 Å². The van der Waals surface area contributed by atoms with Crippen molar-refractivity contribution in [2.45, 2.75) is 25.1 Å². The first kappa shape index (κ1) is 24.0. The van der Waals surface area contributed by atoms with Crippen LogP contribution < -0.4 is 5.32 Å². The number of piperazine rings is 1. The molecule has 26 heavy (non-hydrogen) atoms. The highest BCUT2D eigenvalue weighted by Gasteiger charge is 2.36. The first-order valence-electron chi connectivity index (χ1n) is 8.36. The second-order valence-electron chi connectivity index (χ2n) is 6.41. The molecule has 3 rings (SSSR count). The normalized spacial score (nSPS) is 20.8. The minimum Gasteiger partial charge on any atom is -0.381 e. The van der Waals surface area contributed by atoms with Crippen LogP contribution in [0.4, 0.5) is 13.2 Å². The summed E-state index contributed by atoms with van der Waals surface area (Å²) < 4.78 is 45.8. The topological polar surface area (TPSA) is 24.5 Å². The highest BCUT2D eigenvalue weighted by Crippen LogP contribution is 2.41. The standard InChI is InChI=1S/C17H22BrF3N2O.2ClH/c18-15-2-1-13(17(19,20)21)11-14(15)16(12-3-9-24-10-4-12)23-7-5-22-6-8-23;;/h1-2,11-12,16,22H,3-10H2;2*1H/t16-;;/m1../s1. The molecule has 1 aromatic carbocycles. The Balaban J connectivity index is 0.00000169. The summed E-state index contributed by atoms with van der Waals surface area (Å²) in [4.78, 5) is 2.33. The highest BCUT2D eigenvalue weighted by atomic mass is 79.9. The van der Waals surface area contributed by atoms with Crippen LogP contribution in [0, 0.1) is 5.92 Å². The second-order valence-corrected chi connectivity index (χ2v) is 7.27. The third-order valence-corrected chi connectivity index (χ3v) is 5.62. The quantitative estimate of drug-likeness (QED) is 0.680. The first-order valence-corrected chi connectivity index (χ1v) is 9.15. The van der Waals surface area contributed by atoms with Crippen molar-refractivity contribution in [2.24, 2.45) is 5.92 Å². The fourth-order valence-corrected chi connectivity index (χ4v) is 4.17. The molecular formula is C17H24BrCl2F3N2O. The summed E-state index contributed by atoms with van der Waals surface area (Å²) in [6.07, 6.45) is -2.55. The summed E-state index contributed by atoms with van der Waals surface area (Å²) in [5.74, 6) is 0.316. The molecule has 0 saturated carbocycles. The molecule has 0 spiro atoms. The summed E-state index contributed by atoms with van der Waals surface area (Å²) in [7, 11) is 0. The molecule has 1 aromatic rings. The van der Waals surface area contributed by atoms with Gasteiger partial charge in [0.25, 0.3) is 0 Å². The number of benzene rings is 1. The Morgan fingerprint density at radius 3 is 2.31 bits per heavy atom. The van der Waals surface area contributed by atoms with Crippen LogP contribution in [0.1, 0.15) is 30.0 Å². The van der Waals surface area contributed by atoms with Gasteiger partial charge in [-0.05, 0) is 42.5 Å². The molecule has 2 fully saturated rings. The molecule has 3 nitrogen and oxygen atoms in total. The molecule has 1 atom stereocenters. The Labute approximate surface area is 173 Å². The van der Waals surface area contributed by atoms with E-state index in [0.29, 0.717) is 19.1 Å². The van der Waals surface area contributed by atoms with Gasteiger partial charge < -0.3 is 10.1 Å². The summed E-state index contributed by atoms with van der Waals surface area (Å²) >= 11 is 3.49. The molecule has 150 valence electrons. The molecule has 0 aromatic heterocycles. The largest absolute Gasteiger partial charge is 0.416 e. The maximum Gasteiger partial charge on any atom is 0.416 e. The Morgan fingerprint density at radius 2 is 1.73 bits per heavy atom. The monoisotopic (exact) mass is 478 g/mol. The smallest absolute Gasteiger partial charge is 0.381 e. The lowest BCUT2D eigenvalue weighted by Gasteiger charge is -2.41. The first-order chi connectivity index (χ1) is 11.5. The van der Waals surface area contributed by atoms with Crippen molar-refractivity contribution in [1.82, 2.24) is 10.2 Å². The van der Waals surface area contributed by atoms with Crippen molar-refractivity contribution >= 4 is 40.7 Å². The summed E-state index contributed by atoms with van der Waals surface area (Å²) in [5.41, 5.74) is 0.173. The van der Waals surface area contributed by atoms with Gasteiger partial charge in [0.2, 0.25) is 0 Å². The van der Waals surface area contributed by atoms with E-state index in [-0.39, 0.29) is 30.9 Å². The molecule has 0 bridgehead atoms. The van der Waals surface area contributed by atoms with E-state index in [1.807, 2.05) is 0 Å². The Bertz CT molecular complexity index is 547. The van der Waals surface area contributed by atoms with Gasteiger partial charge in [-0.25, -0.2) is 0 Å². The van der Waals surface area contributed by atoms with Crippen molar-refractivity contribution in [2.75, 3.05) is 39.4 Å². The van der Waals surface area contributed by atoms with Gasteiger partial charge in [-0.15, -0.1) is 24.8 Å². The van der Waals surface area contributed by atoms with E-state index >= 15 is 0 Å². The molecule has 2 aliphatic rings. The Hall–Kier alpha value is -0.0500. The van der Waals surface area contributed by atoms with Gasteiger partial charge in [-0.3, -0.25) is 4.90 Å². The lowest BCUT2D eigenvalue weighted by atomic mass is 9.85. The number of rotatable bonds is 3. The number of hydrogen-bond acceptors (Lipinski definition) is 3. The van der Waals surface area contributed by atoms with Crippen molar-refractivity contribution in [3.05, 3.63) is 33.8 Å². The lowest BCUT2D eigenvalue weighted by Crippen LogP contribution is -2.47. The number of hydrogen-bond donors (Lipinski definition) is 1. The van der Waals surface area contributed by atoms with Gasteiger partial charge in [0.1, 0.15) is 0 Å². The van der Waals surface area contributed by atoms with Crippen LogP contribution in [0.25, 0.3) is 0 Å². The predicted molar refractivity (Wildman–Crippen MR) is 104 cm³/mol. The third-order valence-electron chi connectivity index (χ3n) is 4.90. The molecule has 0 radical (unpaired) electrons. The van der Waals surface area contributed by atoms with E-state index in [0.717, 1.165) is 55.1 Å². The minimum absolute atomic E-state index is 0. The highest BCUT2D eigenvalue weighted by molar-refractivity contribution is 9.10. The molecule has 0 amide bonds. The van der Waals surface area contributed by atoms with E-state index in [9.17, 15) is 13.2 Å². The van der Waals surface area contributed by atoms with E-state index in [1.54, 1.807) is 0 Å². The van der Waals surface area contributed by atoms with Gasteiger partial charge in [-0.1, -0.05) is 15.9 Å². The zero-order valence-corrected chi connectivity index (χ0v) is 17.4. The maximum atomic E-state index is 13.2. The third kappa shape index (κ3) is 5.72. The molecule has 2 aliphatic heterocycles. The predicted octanol–water partition coefficient (Wildman–Crippen LogP) is 4.68. The van der Waals surface area contributed by atoms with Crippen molar-refractivity contribution in [3.8, 4) is 0 Å². The number of halogens is 6. The molecule has 2 saturated heterocycles. The summed E-state index contributed by atoms with van der Waals surface area (Å²) in [6.45, 7) is 4.82. The van der Waals surface area contributed by atoms with Gasteiger partial charge in [0.05, 0.1) is 5.56 Å². The minimum atomic E-state index is -4.32. The van der Waals surface area contributed by atoms with Crippen LogP contribution in [0.5, 0.6) is 0 Å². The molecule has 1 N–H and O–H groups in total. The number of nitrogens with zero attached hydrogens (tertiary/aromatic N) is 1. The van der Waals surface area contributed by atoms with E-state index in [1.165, 1.54) is 12.1 Å². The van der Waals surface area contributed by atoms with E-state index < -0.39 is 11.7 Å². The van der Waals surface area contributed by atoms with E-state index in [2.05, 4.69) is 26.1 Å². The second kappa shape index (κ2) is 10.5. The number of ether oxygens (including phenoxy) is 1. The molecular weight excluding hydrogens is 456 g/mol. The average molecular weight is 480 g/mol. The SMILES string of the molecule is Cl.Cl.FC(F)(F)c1ccc(Br)c([C@@H](C2CCOCC2)N2CCNCC2)c1. The van der Waals surface area contributed by atoms with Crippen LogP contribution in [0.15, 0.2) is 22.7 Å². The zero-order valence-electron chi connectivity index (χ0n) is 14.2. The van der Waals surface area contributed by atoms with Gasteiger partial charge in [0, 0.05) is 49.9 Å². The van der Waals surface area contributed by atoms with Gasteiger partial charge >= 0.3 is 6.18 Å². The fourth-order valence-electron chi connectivity index (χ4n) is 3.69. The van der Waals surface area contributed by atoms with Crippen molar-refractivity contribution in [3.63, 3.8) is 0 Å².